The number of carbonyl (C=O) groups is 2. The summed E-state index contributed by atoms with van der Waals surface area (Å²) in [6.07, 6.45) is 5.12. The van der Waals surface area contributed by atoms with Gasteiger partial charge in [0.05, 0.1) is 0 Å². The normalized spacial score (nSPS) is 17.6. The molecule has 1 saturated carbocycles. The minimum absolute atomic E-state index is 0.414. The first kappa shape index (κ1) is 19.4. The highest BCUT2D eigenvalue weighted by Crippen LogP contribution is 2.27. The standard InChI is InChI=1S/C19H29N3O3/c1-12-7-6-10-15(13(12)2)18(24)21-22-19(25)17(23)16(20)11-14-8-4-3-5-9-14/h6-7,10,14,16-17,23H,3-5,8-9,11,20H2,1-2H3,(H,21,24)(H,22,25)/t16-,17?/m1/s1. The molecule has 5 N–H and O–H groups in total. The molecule has 0 spiro atoms. The fraction of sp³-hybridized carbons (Fsp3) is 0.579. The van der Waals surface area contributed by atoms with Gasteiger partial charge in [0.2, 0.25) is 0 Å². The Balaban J connectivity index is 1.83. The monoisotopic (exact) mass is 347 g/mol. The molecule has 6 nitrogen and oxygen atoms in total. The van der Waals surface area contributed by atoms with Gasteiger partial charge in [-0.2, -0.15) is 0 Å². The average Bonchev–Trinajstić information content (AvgIpc) is 2.61. The summed E-state index contributed by atoms with van der Waals surface area (Å²) < 4.78 is 0. The van der Waals surface area contributed by atoms with Gasteiger partial charge in [-0.1, -0.05) is 44.2 Å². The molecule has 0 heterocycles. The van der Waals surface area contributed by atoms with Crippen molar-refractivity contribution in [3.05, 3.63) is 34.9 Å². The Morgan fingerprint density at radius 3 is 2.56 bits per heavy atom. The molecule has 2 amide bonds. The first-order valence-corrected chi connectivity index (χ1v) is 9.00. The first-order chi connectivity index (χ1) is 11.9. The smallest absolute Gasteiger partial charge is 0.269 e. The van der Waals surface area contributed by atoms with Gasteiger partial charge >= 0.3 is 0 Å². The van der Waals surface area contributed by atoms with E-state index in [4.69, 9.17) is 5.73 Å². The number of hydrogen-bond acceptors (Lipinski definition) is 4. The molecule has 0 saturated heterocycles. The highest BCUT2D eigenvalue weighted by molar-refractivity contribution is 5.97. The van der Waals surface area contributed by atoms with E-state index >= 15 is 0 Å². The Hall–Kier alpha value is -1.92. The fourth-order valence-corrected chi connectivity index (χ4v) is 3.39. The zero-order valence-corrected chi connectivity index (χ0v) is 15.0. The highest BCUT2D eigenvalue weighted by atomic mass is 16.3. The van der Waals surface area contributed by atoms with Crippen LogP contribution < -0.4 is 16.6 Å². The number of aliphatic hydroxyl groups excluding tert-OH is 1. The van der Waals surface area contributed by atoms with E-state index in [1.807, 2.05) is 19.9 Å². The molecule has 2 atom stereocenters. The van der Waals surface area contributed by atoms with E-state index in [1.165, 1.54) is 19.3 Å². The lowest BCUT2D eigenvalue weighted by Gasteiger charge is -2.26. The van der Waals surface area contributed by atoms with E-state index in [9.17, 15) is 14.7 Å². The van der Waals surface area contributed by atoms with E-state index in [-0.39, 0.29) is 0 Å². The van der Waals surface area contributed by atoms with Crippen LogP contribution in [0.4, 0.5) is 0 Å². The summed E-state index contributed by atoms with van der Waals surface area (Å²) >= 11 is 0. The SMILES string of the molecule is Cc1cccc(C(=O)NNC(=O)C(O)[C@H](N)CC2CCCCC2)c1C. The van der Waals surface area contributed by atoms with E-state index in [0.29, 0.717) is 17.9 Å². The predicted molar refractivity (Wildman–Crippen MR) is 96.7 cm³/mol. The summed E-state index contributed by atoms with van der Waals surface area (Å²) in [5, 5.41) is 10.1. The van der Waals surface area contributed by atoms with Gasteiger partial charge in [0, 0.05) is 11.6 Å². The molecule has 1 aromatic rings. The van der Waals surface area contributed by atoms with Crippen LogP contribution >= 0.6 is 0 Å². The van der Waals surface area contributed by atoms with Crippen molar-refractivity contribution in [3.8, 4) is 0 Å². The summed E-state index contributed by atoms with van der Waals surface area (Å²) in [6, 6.07) is 4.77. The van der Waals surface area contributed by atoms with Crippen molar-refractivity contribution in [2.45, 2.75) is 64.5 Å². The summed E-state index contributed by atoms with van der Waals surface area (Å²) in [5.41, 5.74) is 12.9. The van der Waals surface area contributed by atoms with Crippen molar-refractivity contribution in [2.75, 3.05) is 0 Å². The molecule has 1 fully saturated rings. The maximum absolute atomic E-state index is 12.2. The third kappa shape index (κ3) is 5.28. The third-order valence-electron chi connectivity index (χ3n) is 5.15. The fourth-order valence-electron chi connectivity index (χ4n) is 3.39. The van der Waals surface area contributed by atoms with Gasteiger partial charge in [0.15, 0.2) is 0 Å². The topological polar surface area (TPSA) is 104 Å². The molecule has 0 aromatic heterocycles. The van der Waals surface area contributed by atoms with Crippen LogP contribution in [0.25, 0.3) is 0 Å². The molecule has 25 heavy (non-hydrogen) atoms. The Kier molecular flexibility index (Phi) is 6.96. The molecule has 2 rings (SSSR count). The molecule has 1 aliphatic carbocycles. The molecule has 0 bridgehead atoms. The molecule has 1 unspecified atom stereocenters. The van der Waals surface area contributed by atoms with E-state index in [1.54, 1.807) is 12.1 Å². The number of hydrogen-bond donors (Lipinski definition) is 4. The van der Waals surface area contributed by atoms with Crippen LogP contribution in [0.3, 0.4) is 0 Å². The van der Waals surface area contributed by atoms with Crippen LogP contribution in [0.2, 0.25) is 0 Å². The lowest BCUT2D eigenvalue weighted by molar-refractivity contribution is -0.131. The molecule has 1 aliphatic rings. The van der Waals surface area contributed by atoms with Crippen LogP contribution in [-0.4, -0.2) is 29.1 Å². The number of rotatable bonds is 5. The van der Waals surface area contributed by atoms with Crippen molar-refractivity contribution in [1.29, 1.82) is 0 Å². The van der Waals surface area contributed by atoms with Gasteiger partial charge in [-0.25, -0.2) is 0 Å². The summed E-state index contributed by atoms with van der Waals surface area (Å²) in [4.78, 5) is 24.3. The van der Waals surface area contributed by atoms with E-state index in [2.05, 4.69) is 10.9 Å². The van der Waals surface area contributed by atoms with Crippen molar-refractivity contribution < 1.29 is 14.7 Å². The van der Waals surface area contributed by atoms with Gasteiger partial charge in [-0.3, -0.25) is 20.4 Å². The van der Waals surface area contributed by atoms with Crippen LogP contribution in [0, 0.1) is 19.8 Å². The van der Waals surface area contributed by atoms with E-state index in [0.717, 1.165) is 24.0 Å². The number of benzene rings is 1. The maximum atomic E-state index is 12.2. The molecule has 0 radical (unpaired) electrons. The van der Waals surface area contributed by atoms with Crippen molar-refractivity contribution in [2.24, 2.45) is 11.7 Å². The van der Waals surface area contributed by atoms with Crippen LogP contribution in [0.15, 0.2) is 18.2 Å². The number of amides is 2. The van der Waals surface area contributed by atoms with Crippen LogP contribution in [0.5, 0.6) is 0 Å². The molecule has 6 heteroatoms. The third-order valence-corrected chi connectivity index (χ3v) is 5.15. The molecule has 0 aliphatic heterocycles. The minimum atomic E-state index is -1.33. The van der Waals surface area contributed by atoms with Gasteiger partial charge in [0.25, 0.3) is 11.8 Å². The summed E-state index contributed by atoms with van der Waals surface area (Å²) in [5.74, 6) is -0.625. The maximum Gasteiger partial charge on any atom is 0.269 e. The zero-order valence-electron chi connectivity index (χ0n) is 15.0. The van der Waals surface area contributed by atoms with Crippen LogP contribution in [0.1, 0.15) is 60.0 Å². The van der Waals surface area contributed by atoms with Gasteiger partial charge < -0.3 is 10.8 Å². The molecule has 1 aromatic carbocycles. The Labute approximate surface area is 149 Å². The number of carbonyl (C=O) groups excluding carboxylic acids is 2. The number of hydrazine groups is 1. The molecular formula is C19H29N3O3. The Morgan fingerprint density at radius 1 is 1.20 bits per heavy atom. The highest BCUT2D eigenvalue weighted by Gasteiger charge is 2.27. The zero-order chi connectivity index (χ0) is 18.4. The second-order valence-corrected chi connectivity index (χ2v) is 7.04. The average molecular weight is 347 g/mol. The lowest BCUT2D eigenvalue weighted by Crippen LogP contribution is -2.52. The number of aliphatic hydroxyl groups is 1. The second kappa shape index (κ2) is 8.97. The number of nitrogens with two attached hydrogens (primary N) is 1. The number of aryl methyl sites for hydroxylation is 1. The van der Waals surface area contributed by atoms with Gasteiger partial charge in [-0.05, 0) is 43.4 Å². The minimum Gasteiger partial charge on any atom is -0.382 e. The summed E-state index contributed by atoms with van der Waals surface area (Å²) in [6.45, 7) is 3.76. The molecular weight excluding hydrogens is 318 g/mol. The molecule has 138 valence electrons. The Morgan fingerprint density at radius 2 is 1.88 bits per heavy atom. The summed E-state index contributed by atoms with van der Waals surface area (Å²) in [7, 11) is 0. The van der Waals surface area contributed by atoms with Gasteiger partial charge in [-0.15, -0.1) is 0 Å². The largest absolute Gasteiger partial charge is 0.382 e. The second-order valence-electron chi connectivity index (χ2n) is 7.04. The Bertz CT molecular complexity index is 612. The van der Waals surface area contributed by atoms with Crippen LogP contribution in [-0.2, 0) is 4.79 Å². The lowest BCUT2D eigenvalue weighted by atomic mass is 9.84. The van der Waals surface area contributed by atoms with Gasteiger partial charge in [0.1, 0.15) is 6.10 Å². The van der Waals surface area contributed by atoms with Crippen molar-refractivity contribution in [1.82, 2.24) is 10.9 Å². The van der Waals surface area contributed by atoms with E-state index < -0.39 is 24.0 Å². The quantitative estimate of drug-likeness (QED) is 0.609. The predicted octanol–water partition coefficient (Wildman–Crippen LogP) is 1.72. The van der Waals surface area contributed by atoms with Crippen molar-refractivity contribution in [3.63, 3.8) is 0 Å². The number of nitrogens with one attached hydrogen (secondary N) is 2. The van der Waals surface area contributed by atoms with Crippen molar-refractivity contribution >= 4 is 11.8 Å². The first-order valence-electron chi connectivity index (χ1n) is 9.00.